The normalized spacial score (nSPS) is 18.1. The molecule has 1 aliphatic rings. The van der Waals surface area contributed by atoms with Crippen LogP contribution in [0.1, 0.15) is 54.0 Å². The highest BCUT2D eigenvalue weighted by Gasteiger charge is 2.31. The van der Waals surface area contributed by atoms with Crippen LogP contribution in [0.25, 0.3) is 0 Å². The van der Waals surface area contributed by atoms with Crippen molar-refractivity contribution in [3.05, 3.63) is 83.7 Å². The summed E-state index contributed by atoms with van der Waals surface area (Å²) in [6.45, 7) is 2.42. The zero-order valence-corrected chi connectivity index (χ0v) is 19.4. The number of benzene rings is 2. The molecule has 2 unspecified atom stereocenters. The summed E-state index contributed by atoms with van der Waals surface area (Å²) in [5, 5.41) is 2.90. The van der Waals surface area contributed by atoms with E-state index < -0.39 is 27.8 Å². The number of carbonyl (C=O) groups excluding carboxylic acids is 1. The molecule has 0 aliphatic carbocycles. The zero-order chi connectivity index (χ0) is 23.6. The summed E-state index contributed by atoms with van der Waals surface area (Å²) in [6.07, 6.45) is 6.06. The van der Waals surface area contributed by atoms with Gasteiger partial charge in [-0.2, -0.15) is 4.31 Å². The lowest BCUT2D eigenvalue weighted by molar-refractivity contribution is 0.0941. The van der Waals surface area contributed by atoms with Crippen LogP contribution in [0.4, 0.5) is 4.39 Å². The van der Waals surface area contributed by atoms with Crippen LogP contribution >= 0.6 is 0 Å². The molecule has 33 heavy (non-hydrogen) atoms. The Balaban J connectivity index is 1.57. The number of aryl methyl sites for hydroxylation is 1. The summed E-state index contributed by atoms with van der Waals surface area (Å²) in [6, 6.07) is 11.2. The largest absolute Gasteiger partial charge is 0.338 e. The number of imidazole rings is 1. The number of aromatic nitrogens is 2. The summed E-state index contributed by atoms with van der Waals surface area (Å²) in [4.78, 5) is 17.5. The quantitative estimate of drug-likeness (QED) is 0.596. The molecule has 174 valence electrons. The Morgan fingerprint density at radius 1 is 1.18 bits per heavy atom. The Morgan fingerprint density at radius 3 is 2.58 bits per heavy atom. The van der Waals surface area contributed by atoms with Gasteiger partial charge in [-0.1, -0.05) is 18.6 Å². The Hall–Kier alpha value is -3.04. The molecule has 0 spiro atoms. The molecule has 4 rings (SSSR count). The molecule has 3 aromatic rings. The Labute approximate surface area is 193 Å². The van der Waals surface area contributed by atoms with Gasteiger partial charge in [0, 0.05) is 37.6 Å². The minimum Gasteiger partial charge on any atom is -0.338 e. The molecule has 0 saturated carbocycles. The van der Waals surface area contributed by atoms with E-state index >= 15 is 0 Å². The Kier molecular flexibility index (Phi) is 6.62. The van der Waals surface area contributed by atoms with Gasteiger partial charge in [0.15, 0.2) is 0 Å². The smallest absolute Gasteiger partial charge is 0.252 e. The van der Waals surface area contributed by atoms with Crippen molar-refractivity contribution in [2.75, 3.05) is 6.54 Å². The fourth-order valence-electron chi connectivity index (χ4n) is 4.20. The van der Waals surface area contributed by atoms with Crippen molar-refractivity contribution >= 4 is 15.9 Å². The van der Waals surface area contributed by atoms with Crippen LogP contribution < -0.4 is 5.32 Å². The predicted molar refractivity (Wildman–Crippen MR) is 123 cm³/mol. The topological polar surface area (TPSA) is 84.3 Å². The third-order valence-electron chi connectivity index (χ3n) is 6.04. The molecule has 1 aromatic heterocycles. The predicted octanol–water partition coefficient (Wildman–Crippen LogP) is 3.64. The minimum atomic E-state index is -3.62. The lowest BCUT2D eigenvalue weighted by Gasteiger charge is -2.32. The first kappa shape index (κ1) is 23.1. The average Bonchev–Trinajstić information content (AvgIpc) is 3.23. The summed E-state index contributed by atoms with van der Waals surface area (Å²) in [5.41, 5.74) is 0.854. The van der Waals surface area contributed by atoms with Crippen molar-refractivity contribution in [2.45, 2.75) is 43.2 Å². The fraction of sp³-hybridized carbons (Fsp3) is 0.333. The molecular formula is C24H27FN4O3S. The van der Waals surface area contributed by atoms with Crippen LogP contribution in [-0.2, 0) is 17.1 Å². The molecule has 2 aromatic carbocycles. The van der Waals surface area contributed by atoms with Crippen LogP contribution in [0.5, 0.6) is 0 Å². The zero-order valence-electron chi connectivity index (χ0n) is 18.6. The minimum absolute atomic E-state index is 0.0449. The second kappa shape index (κ2) is 9.44. The maximum absolute atomic E-state index is 13.9. The number of hydrogen-bond donors (Lipinski definition) is 1. The number of carbonyl (C=O) groups is 1. The molecular weight excluding hydrogens is 443 g/mol. The molecule has 1 aliphatic heterocycles. The number of halogens is 1. The van der Waals surface area contributed by atoms with Crippen LogP contribution in [0.3, 0.4) is 0 Å². The van der Waals surface area contributed by atoms with Gasteiger partial charge in [-0.25, -0.2) is 17.8 Å². The molecule has 1 fully saturated rings. The number of sulfonamides is 1. The van der Waals surface area contributed by atoms with Crippen molar-refractivity contribution < 1.29 is 17.6 Å². The summed E-state index contributed by atoms with van der Waals surface area (Å²) >= 11 is 0. The van der Waals surface area contributed by atoms with Crippen LogP contribution in [0.2, 0.25) is 0 Å². The Morgan fingerprint density at radius 2 is 1.94 bits per heavy atom. The summed E-state index contributed by atoms with van der Waals surface area (Å²) < 4.78 is 43.2. The summed E-state index contributed by atoms with van der Waals surface area (Å²) in [5.74, 6) is -0.280. The molecule has 9 heteroatoms. The number of nitrogens with zero attached hydrogens (tertiary/aromatic N) is 3. The van der Waals surface area contributed by atoms with E-state index in [1.54, 1.807) is 36.1 Å². The molecule has 0 bridgehead atoms. The first-order valence-electron chi connectivity index (χ1n) is 10.9. The van der Waals surface area contributed by atoms with Gasteiger partial charge in [-0.3, -0.25) is 4.79 Å². The monoisotopic (exact) mass is 470 g/mol. The van der Waals surface area contributed by atoms with Gasteiger partial charge in [0.2, 0.25) is 10.0 Å². The number of nitrogens with one attached hydrogen (secondary N) is 1. The number of rotatable bonds is 6. The SMILES string of the molecule is CC1CCCCN1S(=O)(=O)c1ccc(C(=O)NC(c2cccc(F)c2)c2nccn2C)cc1. The highest BCUT2D eigenvalue weighted by molar-refractivity contribution is 7.89. The lowest BCUT2D eigenvalue weighted by atomic mass is 10.0. The first-order chi connectivity index (χ1) is 15.8. The van der Waals surface area contributed by atoms with E-state index in [4.69, 9.17) is 0 Å². The van der Waals surface area contributed by atoms with Gasteiger partial charge >= 0.3 is 0 Å². The van der Waals surface area contributed by atoms with Crippen molar-refractivity contribution in [1.82, 2.24) is 19.2 Å². The van der Waals surface area contributed by atoms with Crippen molar-refractivity contribution in [1.29, 1.82) is 0 Å². The molecule has 1 N–H and O–H groups in total. The van der Waals surface area contributed by atoms with Gasteiger partial charge in [0.1, 0.15) is 17.7 Å². The van der Waals surface area contributed by atoms with E-state index in [0.717, 1.165) is 19.3 Å². The highest BCUT2D eigenvalue weighted by atomic mass is 32.2. The van der Waals surface area contributed by atoms with Gasteiger partial charge in [0.05, 0.1) is 4.90 Å². The number of piperidine rings is 1. The lowest BCUT2D eigenvalue weighted by Crippen LogP contribution is -2.41. The van der Waals surface area contributed by atoms with E-state index in [-0.39, 0.29) is 10.9 Å². The fourth-order valence-corrected chi connectivity index (χ4v) is 5.89. The van der Waals surface area contributed by atoms with Crippen molar-refractivity contribution in [2.24, 2.45) is 7.05 Å². The third-order valence-corrected chi connectivity index (χ3v) is 8.07. The van der Waals surface area contributed by atoms with Crippen LogP contribution in [-0.4, -0.2) is 40.8 Å². The molecule has 0 radical (unpaired) electrons. The van der Waals surface area contributed by atoms with E-state index in [1.165, 1.54) is 40.7 Å². The second-order valence-corrected chi connectivity index (χ2v) is 10.2. The molecule has 7 nitrogen and oxygen atoms in total. The average molecular weight is 471 g/mol. The molecule has 2 heterocycles. The molecule has 1 saturated heterocycles. The van der Waals surface area contributed by atoms with Gasteiger partial charge in [-0.05, 0) is 61.7 Å². The first-order valence-corrected chi connectivity index (χ1v) is 12.4. The third kappa shape index (κ3) is 4.84. The van der Waals surface area contributed by atoms with Crippen LogP contribution in [0.15, 0.2) is 65.8 Å². The number of amides is 1. The van der Waals surface area contributed by atoms with E-state index in [0.29, 0.717) is 23.5 Å². The van der Waals surface area contributed by atoms with Gasteiger partial charge < -0.3 is 9.88 Å². The molecule has 2 atom stereocenters. The van der Waals surface area contributed by atoms with Crippen molar-refractivity contribution in [3.8, 4) is 0 Å². The van der Waals surface area contributed by atoms with Crippen molar-refractivity contribution in [3.63, 3.8) is 0 Å². The van der Waals surface area contributed by atoms with Gasteiger partial charge in [0.25, 0.3) is 5.91 Å². The standard InChI is InChI=1S/C24H27FN4O3S/c1-17-6-3-4-14-29(17)33(31,32)21-11-9-18(10-12-21)24(30)27-22(23-26-13-15-28(23)2)19-7-5-8-20(25)16-19/h5,7-13,15-17,22H,3-4,6,14H2,1-2H3,(H,27,30). The highest BCUT2D eigenvalue weighted by Crippen LogP contribution is 2.26. The maximum Gasteiger partial charge on any atom is 0.252 e. The maximum atomic E-state index is 13.9. The molecule has 1 amide bonds. The van der Waals surface area contributed by atoms with E-state index in [9.17, 15) is 17.6 Å². The van der Waals surface area contributed by atoms with Crippen LogP contribution in [0, 0.1) is 5.82 Å². The van der Waals surface area contributed by atoms with E-state index in [2.05, 4.69) is 10.3 Å². The Bertz CT molecular complexity index is 1240. The summed E-state index contributed by atoms with van der Waals surface area (Å²) in [7, 11) is -1.83. The number of hydrogen-bond acceptors (Lipinski definition) is 4. The second-order valence-electron chi connectivity index (χ2n) is 8.34. The van der Waals surface area contributed by atoms with Gasteiger partial charge in [-0.15, -0.1) is 0 Å². The van der Waals surface area contributed by atoms with E-state index in [1.807, 2.05) is 6.92 Å².